The third-order valence-electron chi connectivity index (χ3n) is 4.63. The maximum atomic E-state index is 12.4. The zero-order valence-electron chi connectivity index (χ0n) is 17.4. The van der Waals surface area contributed by atoms with Crippen molar-refractivity contribution in [2.75, 3.05) is 5.75 Å². The van der Waals surface area contributed by atoms with Crippen LogP contribution in [-0.4, -0.2) is 31.5 Å². The van der Waals surface area contributed by atoms with Crippen molar-refractivity contribution in [3.8, 4) is 22.8 Å². The zero-order valence-corrected chi connectivity index (χ0v) is 19.0. The summed E-state index contributed by atoms with van der Waals surface area (Å²) in [6.45, 7) is 3.87. The van der Waals surface area contributed by atoms with E-state index in [0.29, 0.717) is 27.3 Å². The van der Waals surface area contributed by atoms with Crippen LogP contribution in [0.3, 0.4) is 0 Å². The summed E-state index contributed by atoms with van der Waals surface area (Å²) >= 11 is 7.31. The van der Waals surface area contributed by atoms with E-state index in [1.165, 1.54) is 11.8 Å². The van der Waals surface area contributed by atoms with Crippen molar-refractivity contribution in [3.63, 3.8) is 0 Å². The molecule has 166 valence electrons. The highest BCUT2D eigenvalue weighted by Gasteiger charge is 2.17. The molecule has 4 aromatic rings. The molecule has 0 saturated carbocycles. The second-order valence-corrected chi connectivity index (χ2v) is 8.35. The van der Waals surface area contributed by atoms with Crippen molar-refractivity contribution < 1.29 is 9.90 Å². The van der Waals surface area contributed by atoms with Crippen LogP contribution < -0.4 is 10.9 Å². The molecule has 0 atom stereocenters. The van der Waals surface area contributed by atoms with Gasteiger partial charge in [0, 0.05) is 21.8 Å². The number of carbonyl (C=O) groups is 1. The summed E-state index contributed by atoms with van der Waals surface area (Å²) in [5, 5.41) is 19.5. The Morgan fingerprint density at radius 3 is 2.48 bits per heavy atom. The van der Waals surface area contributed by atoms with Crippen LogP contribution in [0.2, 0.25) is 5.02 Å². The van der Waals surface area contributed by atoms with Crippen LogP contribution in [0.15, 0.2) is 90.6 Å². The molecule has 0 radical (unpaired) electrons. The minimum absolute atomic E-state index is 0.0980. The number of rotatable bonds is 8. The molecule has 7 nitrogen and oxygen atoms in total. The number of hydrogen-bond donors (Lipinski definition) is 3. The van der Waals surface area contributed by atoms with Gasteiger partial charge in [-0.15, -0.1) is 10.2 Å². The third kappa shape index (κ3) is 5.54. The van der Waals surface area contributed by atoms with E-state index >= 15 is 0 Å². The molecule has 3 N–H and O–H groups in total. The van der Waals surface area contributed by atoms with Gasteiger partial charge in [0.25, 0.3) is 0 Å². The summed E-state index contributed by atoms with van der Waals surface area (Å²) in [7, 11) is 0. The highest BCUT2D eigenvalue weighted by molar-refractivity contribution is 7.99. The Bertz CT molecular complexity index is 1280. The summed E-state index contributed by atoms with van der Waals surface area (Å²) < 4.78 is 1.89. The lowest BCUT2D eigenvalue weighted by atomic mass is 10.2. The average molecular weight is 478 g/mol. The number of aromatic hydroxyl groups is 1. The average Bonchev–Trinajstić information content (AvgIpc) is 3.26. The summed E-state index contributed by atoms with van der Waals surface area (Å²) in [6.07, 6.45) is 0. The Kier molecular flexibility index (Phi) is 6.97. The topological polar surface area (TPSA) is 92.1 Å². The molecule has 33 heavy (non-hydrogen) atoms. The van der Waals surface area contributed by atoms with Gasteiger partial charge in [-0.2, -0.15) is 0 Å². The van der Waals surface area contributed by atoms with Gasteiger partial charge in [0.15, 0.2) is 11.0 Å². The SMILES string of the molecule is C=C(NNC(=O)CSc1nnc(-c2ccccc2)n1-c1ccc(Cl)cc1)c1cccc(O)c1. The molecule has 4 rings (SSSR count). The predicted molar refractivity (Wildman–Crippen MR) is 131 cm³/mol. The molecule has 0 unspecified atom stereocenters. The van der Waals surface area contributed by atoms with Crippen molar-refractivity contribution in [2.45, 2.75) is 5.16 Å². The maximum Gasteiger partial charge on any atom is 0.248 e. The van der Waals surface area contributed by atoms with Crippen LogP contribution in [0, 0.1) is 0 Å². The normalized spacial score (nSPS) is 10.6. The summed E-state index contributed by atoms with van der Waals surface area (Å²) in [6, 6.07) is 23.6. The smallest absolute Gasteiger partial charge is 0.248 e. The van der Waals surface area contributed by atoms with Gasteiger partial charge >= 0.3 is 0 Å². The van der Waals surface area contributed by atoms with Gasteiger partial charge in [-0.05, 0) is 36.4 Å². The van der Waals surface area contributed by atoms with Crippen molar-refractivity contribution in [1.82, 2.24) is 25.6 Å². The number of nitrogens with zero attached hydrogens (tertiary/aromatic N) is 3. The molecule has 0 fully saturated rings. The molecule has 0 spiro atoms. The molecule has 0 aliphatic carbocycles. The molecular weight excluding hydrogens is 458 g/mol. The van der Waals surface area contributed by atoms with E-state index in [9.17, 15) is 9.90 Å². The number of carbonyl (C=O) groups excluding carboxylic acids is 1. The fourth-order valence-corrected chi connectivity index (χ4v) is 3.92. The van der Waals surface area contributed by atoms with E-state index < -0.39 is 0 Å². The first kappa shape index (κ1) is 22.4. The third-order valence-corrected chi connectivity index (χ3v) is 5.81. The Morgan fingerprint density at radius 1 is 1.00 bits per heavy atom. The number of phenolic OH excluding ortho intramolecular Hbond substituents is 1. The van der Waals surface area contributed by atoms with Gasteiger partial charge in [0.2, 0.25) is 5.91 Å². The molecule has 1 amide bonds. The lowest BCUT2D eigenvalue weighted by Crippen LogP contribution is -2.37. The van der Waals surface area contributed by atoms with Crippen molar-refractivity contribution >= 4 is 35.0 Å². The molecule has 3 aromatic carbocycles. The Balaban J connectivity index is 1.47. The second-order valence-electron chi connectivity index (χ2n) is 6.97. The Hall–Kier alpha value is -3.75. The van der Waals surface area contributed by atoms with Gasteiger partial charge < -0.3 is 5.11 Å². The Labute approximate surface area is 200 Å². The van der Waals surface area contributed by atoms with Crippen LogP contribution in [0.1, 0.15) is 5.56 Å². The predicted octanol–water partition coefficient (Wildman–Crippen LogP) is 4.68. The number of aromatic nitrogens is 3. The van der Waals surface area contributed by atoms with Gasteiger partial charge in [0.05, 0.1) is 11.4 Å². The zero-order chi connectivity index (χ0) is 23.2. The number of thioether (sulfide) groups is 1. The monoisotopic (exact) mass is 477 g/mol. The highest BCUT2D eigenvalue weighted by Crippen LogP contribution is 2.28. The number of amides is 1. The number of benzene rings is 3. The van der Waals surface area contributed by atoms with Crippen molar-refractivity contribution in [3.05, 3.63) is 96.0 Å². The van der Waals surface area contributed by atoms with Crippen LogP contribution in [0.4, 0.5) is 0 Å². The first-order chi connectivity index (χ1) is 16.0. The van der Waals surface area contributed by atoms with E-state index in [4.69, 9.17) is 11.6 Å². The first-order valence-electron chi connectivity index (χ1n) is 9.94. The van der Waals surface area contributed by atoms with Gasteiger partial charge in [-0.1, -0.05) is 72.4 Å². The van der Waals surface area contributed by atoms with Gasteiger partial charge in [-0.25, -0.2) is 0 Å². The highest BCUT2D eigenvalue weighted by atomic mass is 35.5. The van der Waals surface area contributed by atoms with Crippen LogP contribution in [0.25, 0.3) is 22.8 Å². The Morgan fingerprint density at radius 2 is 1.76 bits per heavy atom. The fourth-order valence-electron chi connectivity index (χ4n) is 3.04. The van der Waals surface area contributed by atoms with E-state index in [1.807, 2.05) is 47.0 Å². The van der Waals surface area contributed by atoms with Crippen molar-refractivity contribution in [1.29, 1.82) is 0 Å². The maximum absolute atomic E-state index is 12.4. The number of hydrazine groups is 1. The van der Waals surface area contributed by atoms with Crippen molar-refractivity contribution in [2.24, 2.45) is 0 Å². The quantitative estimate of drug-likeness (QED) is 0.252. The lowest BCUT2D eigenvalue weighted by molar-refractivity contribution is -0.119. The molecule has 1 heterocycles. The molecule has 0 aliphatic heterocycles. The molecule has 9 heteroatoms. The van der Waals surface area contributed by atoms with E-state index in [1.54, 1.807) is 36.4 Å². The molecular formula is C24H20ClN5O2S. The van der Waals surface area contributed by atoms with Crippen LogP contribution in [-0.2, 0) is 4.79 Å². The van der Waals surface area contributed by atoms with Crippen LogP contribution in [0.5, 0.6) is 5.75 Å². The summed E-state index contributed by atoms with van der Waals surface area (Å²) in [5.41, 5.74) is 8.24. The fraction of sp³-hybridized carbons (Fsp3) is 0.0417. The molecule has 1 aromatic heterocycles. The summed E-state index contributed by atoms with van der Waals surface area (Å²) in [4.78, 5) is 12.4. The lowest BCUT2D eigenvalue weighted by Gasteiger charge is -2.12. The molecule has 0 bridgehead atoms. The molecule has 0 saturated heterocycles. The van der Waals surface area contributed by atoms with E-state index in [0.717, 1.165) is 11.3 Å². The minimum atomic E-state index is -0.270. The number of nitrogens with one attached hydrogen (secondary N) is 2. The van der Waals surface area contributed by atoms with Gasteiger partial charge in [-0.3, -0.25) is 20.2 Å². The number of halogens is 1. The van der Waals surface area contributed by atoms with Crippen LogP contribution >= 0.6 is 23.4 Å². The first-order valence-corrected chi connectivity index (χ1v) is 11.3. The summed E-state index contributed by atoms with van der Waals surface area (Å²) in [5.74, 6) is 0.610. The standard InChI is InChI=1S/C24H20ClN5O2S/c1-16(18-8-5-9-21(31)14-18)26-27-22(32)15-33-24-29-28-23(17-6-3-2-4-7-17)30(24)20-12-10-19(25)11-13-20/h2-14,26,31H,1,15H2,(H,27,32). The number of hydrogen-bond acceptors (Lipinski definition) is 6. The number of phenols is 1. The minimum Gasteiger partial charge on any atom is -0.508 e. The van der Waals surface area contributed by atoms with E-state index in [-0.39, 0.29) is 17.4 Å². The molecule has 0 aliphatic rings. The van der Waals surface area contributed by atoms with Gasteiger partial charge in [0.1, 0.15) is 5.75 Å². The second kappa shape index (κ2) is 10.2. The van der Waals surface area contributed by atoms with E-state index in [2.05, 4.69) is 27.6 Å². The largest absolute Gasteiger partial charge is 0.508 e.